The maximum atomic E-state index is 10.9. The Morgan fingerprint density at radius 3 is 2.48 bits per heavy atom. The van der Waals surface area contributed by atoms with Gasteiger partial charge in [0.2, 0.25) is 6.29 Å². The second kappa shape index (κ2) is 6.33. The summed E-state index contributed by atoms with van der Waals surface area (Å²) in [5.74, 6) is -0.160. The number of hydrogen-bond acceptors (Lipinski definition) is 8. The number of benzene rings is 1. The molecule has 1 saturated heterocycles. The molecule has 9 nitrogen and oxygen atoms in total. The fourth-order valence-electron chi connectivity index (χ4n) is 2.00. The van der Waals surface area contributed by atoms with Crippen LogP contribution in [0.2, 0.25) is 0 Å². The van der Waals surface area contributed by atoms with E-state index in [-0.39, 0.29) is 11.4 Å². The maximum absolute atomic E-state index is 10.9. The van der Waals surface area contributed by atoms with Crippen LogP contribution in [-0.2, 0) is 4.74 Å². The zero-order valence-corrected chi connectivity index (χ0v) is 10.8. The van der Waals surface area contributed by atoms with E-state index in [0.29, 0.717) is 0 Å². The van der Waals surface area contributed by atoms with Crippen molar-refractivity contribution in [3.63, 3.8) is 0 Å². The Kier molecular flexibility index (Phi) is 4.70. The summed E-state index contributed by atoms with van der Waals surface area (Å²) in [7, 11) is 0. The van der Waals surface area contributed by atoms with Gasteiger partial charge in [-0.05, 0) is 6.07 Å². The molecule has 116 valence electrons. The minimum atomic E-state index is -1.62. The molecule has 21 heavy (non-hydrogen) atoms. The molecule has 9 heteroatoms. The van der Waals surface area contributed by atoms with Crippen LogP contribution in [0, 0.1) is 10.1 Å². The van der Waals surface area contributed by atoms with Crippen molar-refractivity contribution >= 4 is 5.69 Å². The lowest BCUT2D eigenvalue weighted by molar-refractivity contribution is -0.387. The Hall–Kier alpha value is -1.78. The third-order valence-electron chi connectivity index (χ3n) is 3.15. The first-order chi connectivity index (χ1) is 9.95. The number of nitrogens with zero attached hydrogens (tertiary/aromatic N) is 1. The van der Waals surface area contributed by atoms with Crippen molar-refractivity contribution < 1.29 is 34.8 Å². The summed E-state index contributed by atoms with van der Waals surface area (Å²) in [4.78, 5) is 10.2. The number of aliphatic hydroxyl groups is 4. The van der Waals surface area contributed by atoms with Crippen molar-refractivity contribution in [2.45, 2.75) is 30.7 Å². The molecular weight excluding hydrogens is 286 g/mol. The standard InChI is InChI=1S/C12H15NO8/c14-5-8-9(15)10(16)11(17)12(21-8)20-7-4-2-1-3-6(7)13(18)19/h1-4,8-12,14-17H,5H2/t8-,9+,10-,11-,12-/m1/s1. The van der Waals surface area contributed by atoms with E-state index < -0.39 is 42.2 Å². The number of rotatable bonds is 4. The van der Waals surface area contributed by atoms with Gasteiger partial charge in [-0.3, -0.25) is 10.1 Å². The third-order valence-corrected chi connectivity index (χ3v) is 3.15. The van der Waals surface area contributed by atoms with Gasteiger partial charge in [0.25, 0.3) is 0 Å². The number of nitro groups is 1. The lowest BCUT2D eigenvalue weighted by Gasteiger charge is -2.39. The number of aliphatic hydroxyl groups excluding tert-OH is 4. The van der Waals surface area contributed by atoms with Crippen molar-refractivity contribution in [2.75, 3.05) is 6.61 Å². The van der Waals surface area contributed by atoms with Gasteiger partial charge in [0.05, 0.1) is 11.5 Å². The summed E-state index contributed by atoms with van der Waals surface area (Å²) in [6, 6.07) is 5.45. The molecular formula is C12H15NO8. The van der Waals surface area contributed by atoms with Gasteiger partial charge in [0.15, 0.2) is 5.75 Å². The third kappa shape index (κ3) is 3.12. The van der Waals surface area contributed by atoms with Crippen LogP contribution in [-0.4, -0.2) is 62.7 Å². The summed E-state index contributed by atoms with van der Waals surface area (Å²) in [5.41, 5.74) is -0.338. The molecule has 1 aromatic rings. The molecule has 0 radical (unpaired) electrons. The van der Waals surface area contributed by atoms with Crippen molar-refractivity contribution in [3.8, 4) is 5.75 Å². The minimum Gasteiger partial charge on any atom is -0.455 e. The smallest absolute Gasteiger partial charge is 0.311 e. The highest BCUT2D eigenvalue weighted by atomic mass is 16.7. The second-order valence-electron chi connectivity index (χ2n) is 4.54. The monoisotopic (exact) mass is 301 g/mol. The zero-order valence-electron chi connectivity index (χ0n) is 10.8. The molecule has 0 spiro atoms. The van der Waals surface area contributed by atoms with E-state index in [4.69, 9.17) is 14.6 Å². The van der Waals surface area contributed by atoms with Crippen LogP contribution in [0.5, 0.6) is 5.75 Å². The van der Waals surface area contributed by atoms with E-state index in [2.05, 4.69) is 0 Å². The van der Waals surface area contributed by atoms with Crippen LogP contribution in [0.25, 0.3) is 0 Å². The van der Waals surface area contributed by atoms with Crippen LogP contribution >= 0.6 is 0 Å². The summed E-state index contributed by atoms with van der Waals surface area (Å²) >= 11 is 0. The first-order valence-electron chi connectivity index (χ1n) is 6.16. The van der Waals surface area contributed by atoms with Gasteiger partial charge in [-0.15, -0.1) is 0 Å². The lowest BCUT2D eigenvalue weighted by Crippen LogP contribution is -2.60. The van der Waals surface area contributed by atoms with E-state index in [9.17, 15) is 25.4 Å². The summed E-state index contributed by atoms with van der Waals surface area (Å²) < 4.78 is 10.3. The molecule has 0 saturated carbocycles. The summed E-state index contributed by atoms with van der Waals surface area (Å²) in [6.07, 6.45) is -7.35. The number of ether oxygens (including phenoxy) is 2. The summed E-state index contributed by atoms with van der Waals surface area (Å²) in [6.45, 7) is -0.609. The van der Waals surface area contributed by atoms with Gasteiger partial charge in [-0.25, -0.2) is 0 Å². The number of para-hydroxylation sites is 2. The summed E-state index contributed by atoms with van der Waals surface area (Å²) in [5, 5.41) is 49.0. The molecule has 5 atom stereocenters. The van der Waals surface area contributed by atoms with Crippen LogP contribution in [0.1, 0.15) is 0 Å². The maximum Gasteiger partial charge on any atom is 0.311 e. The zero-order chi connectivity index (χ0) is 15.6. The van der Waals surface area contributed by atoms with E-state index >= 15 is 0 Å². The Morgan fingerprint density at radius 2 is 1.86 bits per heavy atom. The van der Waals surface area contributed by atoms with Crippen molar-refractivity contribution in [3.05, 3.63) is 34.4 Å². The largest absolute Gasteiger partial charge is 0.455 e. The van der Waals surface area contributed by atoms with E-state index in [1.165, 1.54) is 24.3 Å². The van der Waals surface area contributed by atoms with Gasteiger partial charge >= 0.3 is 5.69 Å². The van der Waals surface area contributed by atoms with Crippen molar-refractivity contribution in [2.24, 2.45) is 0 Å². The predicted molar refractivity (Wildman–Crippen MR) is 67.5 cm³/mol. The Labute approximate surface area is 119 Å². The van der Waals surface area contributed by atoms with Gasteiger partial charge < -0.3 is 29.9 Å². The van der Waals surface area contributed by atoms with E-state index in [1.807, 2.05) is 0 Å². The molecule has 1 aromatic carbocycles. The van der Waals surface area contributed by atoms with Crippen LogP contribution in [0.4, 0.5) is 5.69 Å². The van der Waals surface area contributed by atoms with Gasteiger partial charge in [-0.2, -0.15) is 0 Å². The van der Waals surface area contributed by atoms with E-state index in [0.717, 1.165) is 0 Å². The molecule has 4 N–H and O–H groups in total. The van der Waals surface area contributed by atoms with E-state index in [1.54, 1.807) is 0 Å². The average Bonchev–Trinajstić information content (AvgIpc) is 2.48. The Bertz CT molecular complexity index is 508. The highest BCUT2D eigenvalue weighted by molar-refractivity contribution is 5.45. The molecule has 0 unspecified atom stereocenters. The highest BCUT2D eigenvalue weighted by Crippen LogP contribution is 2.30. The van der Waals surface area contributed by atoms with Crippen molar-refractivity contribution in [1.29, 1.82) is 0 Å². The molecule has 1 fully saturated rings. The fourth-order valence-corrected chi connectivity index (χ4v) is 2.00. The SMILES string of the molecule is O=[N+]([O-])c1ccccc1O[C@@H]1O[C@H](CO)[C@H](O)[C@@H](O)[C@H]1O. The van der Waals surface area contributed by atoms with Crippen molar-refractivity contribution in [1.82, 2.24) is 0 Å². The molecule has 1 aliphatic heterocycles. The molecule has 0 aliphatic carbocycles. The first-order valence-corrected chi connectivity index (χ1v) is 6.16. The highest BCUT2D eigenvalue weighted by Gasteiger charge is 2.45. The molecule has 0 bridgehead atoms. The quantitative estimate of drug-likeness (QED) is 0.400. The Balaban J connectivity index is 2.20. The average molecular weight is 301 g/mol. The number of nitro benzene ring substituents is 1. The normalized spacial score (nSPS) is 32.7. The molecule has 1 heterocycles. The lowest BCUT2D eigenvalue weighted by atomic mass is 9.99. The fraction of sp³-hybridized carbons (Fsp3) is 0.500. The predicted octanol–water partition coefficient (Wildman–Crippen LogP) is -1.23. The molecule has 0 amide bonds. The van der Waals surface area contributed by atoms with Crippen LogP contribution in [0.15, 0.2) is 24.3 Å². The van der Waals surface area contributed by atoms with Gasteiger partial charge in [0.1, 0.15) is 24.4 Å². The van der Waals surface area contributed by atoms with Gasteiger partial charge in [0, 0.05) is 6.07 Å². The Morgan fingerprint density at radius 1 is 1.19 bits per heavy atom. The molecule has 1 aliphatic rings. The molecule has 2 rings (SSSR count). The minimum absolute atomic E-state index is 0.160. The topological polar surface area (TPSA) is 143 Å². The van der Waals surface area contributed by atoms with Crippen LogP contribution in [0.3, 0.4) is 0 Å². The van der Waals surface area contributed by atoms with Gasteiger partial charge in [-0.1, -0.05) is 12.1 Å². The second-order valence-corrected chi connectivity index (χ2v) is 4.54. The first kappa shape index (κ1) is 15.6. The van der Waals surface area contributed by atoms with Crippen LogP contribution < -0.4 is 4.74 Å². The molecule has 0 aromatic heterocycles. The number of hydrogen-bond donors (Lipinski definition) is 4.